The Morgan fingerprint density at radius 3 is 2.40 bits per heavy atom. The van der Waals surface area contributed by atoms with E-state index >= 15 is 0 Å². The van der Waals surface area contributed by atoms with E-state index in [4.69, 9.17) is 4.89 Å². The zero-order valence-corrected chi connectivity index (χ0v) is 16.4. The number of alkyl halides is 2. The van der Waals surface area contributed by atoms with Gasteiger partial charge in [-0.05, 0) is 47.5 Å². The zero-order chi connectivity index (χ0) is 18.9. The SMILES string of the molecule is CCc1c(C(C)O)nc2cc(C(F)(F)O[P+](=O)O)c(Br)cc2c1CC. The summed E-state index contributed by atoms with van der Waals surface area (Å²) in [7, 11) is -3.48. The number of pyridine rings is 1. The molecule has 2 N–H and O–H groups in total. The highest BCUT2D eigenvalue weighted by molar-refractivity contribution is 9.10. The van der Waals surface area contributed by atoms with Crippen LogP contribution in [0.2, 0.25) is 0 Å². The van der Waals surface area contributed by atoms with Gasteiger partial charge in [0.2, 0.25) is 0 Å². The number of nitrogens with zero attached hydrogens (tertiary/aromatic N) is 1. The van der Waals surface area contributed by atoms with Crippen molar-refractivity contribution in [3.05, 3.63) is 39.0 Å². The molecular weight excluding hydrogens is 419 g/mol. The maximum atomic E-state index is 14.1. The van der Waals surface area contributed by atoms with Crippen LogP contribution in [0.1, 0.15) is 49.3 Å². The first-order chi connectivity index (χ1) is 11.6. The van der Waals surface area contributed by atoms with Crippen molar-refractivity contribution in [1.82, 2.24) is 4.98 Å². The van der Waals surface area contributed by atoms with Crippen LogP contribution in [0.4, 0.5) is 8.78 Å². The lowest BCUT2D eigenvalue weighted by molar-refractivity contribution is -0.186. The average Bonchev–Trinajstić information content (AvgIpc) is 2.50. The van der Waals surface area contributed by atoms with Crippen LogP contribution in [0.5, 0.6) is 0 Å². The van der Waals surface area contributed by atoms with Crippen LogP contribution in [-0.2, 0) is 28.0 Å². The second-order valence-electron chi connectivity index (χ2n) is 5.53. The maximum Gasteiger partial charge on any atom is 0.701 e. The number of aliphatic hydroxyl groups excluding tert-OH is 1. The van der Waals surface area contributed by atoms with Crippen LogP contribution in [0, 0.1) is 0 Å². The van der Waals surface area contributed by atoms with Crippen molar-refractivity contribution in [2.45, 2.75) is 45.8 Å². The third-order valence-electron chi connectivity index (χ3n) is 3.93. The van der Waals surface area contributed by atoms with Crippen LogP contribution in [0.25, 0.3) is 10.9 Å². The minimum atomic E-state index is -3.96. The first-order valence-corrected chi connectivity index (χ1v) is 9.61. The lowest BCUT2D eigenvalue weighted by Crippen LogP contribution is -2.16. The summed E-state index contributed by atoms with van der Waals surface area (Å²) in [4.78, 5) is 13.0. The van der Waals surface area contributed by atoms with Gasteiger partial charge in [0.25, 0.3) is 0 Å². The molecule has 2 unspecified atom stereocenters. The van der Waals surface area contributed by atoms with Crippen molar-refractivity contribution in [1.29, 1.82) is 0 Å². The van der Waals surface area contributed by atoms with Gasteiger partial charge in [0.1, 0.15) is 0 Å². The number of hydrogen-bond donors (Lipinski definition) is 2. The Morgan fingerprint density at radius 1 is 1.32 bits per heavy atom. The molecule has 9 heteroatoms. The molecule has 5 nitrogen and oxygen atoms in total. The molecule has 1 heterocycles. The number of aromatic nitrogens is 1. The second kappa shape index (κ2) is 7.68. The van der Waals surface area contributed by atoms with Gasteiger partial charge >= 0.3 is 14.4 Å². The van der Waals surface area contributed by atoms with Gasteiger partial charge in [0, 0.05) is 14.4 Å². The molecule has 1 aromatic heterocycles. The van der Waals surface area contributed by atoms with Crippen molar-refractivity contribution in [2.24, 2.45) is 0 Å². The van der Waals surface area contributed by atoms with E-state index in [9.17, 15) is 18.5 Å². The number of benzene rings is 1. The highest BCUT2D eigenvalue weighted by Gasteiger charge is 2.45. The van der Waals surface area contributed by atoms with Crippen molar-refractivity contribution in [3.8, 4) is 0 Å². The predicted octanol–water partition coefficient (Wildman–Crippen LogP) is 4.89. The maximum absolute atomic E-state index is 14.1. The normalized spacial score (nSPS) is 14.0. The first-order valence-electron chi connectivity index (χ1n) is 7.68. The van der Waals surface area contributed by atoms with Crippen LogP contribution >= 0.6 is 24.2 Å². The summed E-state index contributed by atoms with van der Waals surface area (Å²) in [5.74, 6) is 0. The number of hydrogen-bond acceptors (Lipinski definition) is 4. The minimum absolute atomic E-state index is 0.0465. The molecule has 25 heavy (non-hydrogen) atoms. The fraction of sp³-hybridized carbons (Fsp3) is 0.438. The second-order valence-corrected chi connectivity index (χ2v) is 7.04. The van der Waals surface area contributed by atoms with Gasteiger partial charge in [0.05, 0.1) is 22.9 Å². The van der Waals surface area contributed by atoms with Crippen molar-refractivity contribution >= 4 is 35.1 Å². The van der Waals surface area contributed by atoms with Gasteiger partial charge in [-0.15, -0.1) is 4.89 Å². The molecule has 0 aliphatic heterocycles. The number of rotatable bonds is 6. The number of fused-ring (bicyclic) bond motifs is 1. The summed E-state index contributed by atoms with van der Waals surface area (Å²) < 4.78 is 42.8. The number of aryl methyl sites for hydroxylation is 1. The molecule has 0 spiro atoms. The molecule has 0 aliphatic carbocycles. The summed E-state index contributed by atoms with van der Waals surface area (Å²) in [6.07, 6.45) is -3.52. The molecule has 0 aliphatic rings. The molecule has 2 aromatic rings. The summed E-state index contributed by atoms with van der Waals surface area (Å²) in [6.45, 7) is 5.45. The van der Waals surface area contributed by atoms with E-state index in [1.807, 2.05) is 13.8 Å². The lowest BCUT2D eigenvalue weighted by atomic mass is 9.94. The standard InChI is InChI=1S/C16H17BrF2NO4P/c1-4-9-10(5-2)15(8(3)21)20-14-7-12(13(17)6-11(9)14)16(18,19)24-25(22)23/h6-8,21H,4-5H2,1-3H3/p+1. The molecule has 0 bridgehead atoms. The number of aliphatic hydroxyl groups is 1. The van der Waals surface area contributed by atoms with Gasteiger partial charge in [0.15, 0.2) is 0 Å². The molecule has 0 amide bonds. The van der Waals surface area contributed by atoms with E-state index in [0.29, 0.717) is 23.9 Å². The van der Waals surface area contributed by atoms with E-state index in [1.165, 1.54) is 6.07 Å². The van der Waals surface area contributed by atoms with Crippen LogP contribution in [-0.4, -0.2) is 15.0 Å². The van der Waals surface area contributed by atoms with E-state index < -0.39 is 26.0 Å². The summed E-state index contributed by atoms with van der Waals surface area (Å²) in [5.41, 5.74) is 1.92. The molecule has 2 atom stereocenters. The lowest BCUT2D eigenvalue weighted by Gasteiger charge is -2.19. The van der Waals surface area contributed by atoms with Crippen LogP contribution in [0.3, 0.4) is 0 Å². The van der Waals surface area contributed by atoms with E-state index in [2.05, 4.69) is 25.4 Å². The highest BCUT2D eigenvalue weighted by atomic mass is 79.9. The summed E-state index contributed by atoms with van der Waals surface area (Å²) >= 11 is 3.09. The van der Waals surface area contributed by atoms with Gasteiger partial charge in [-0.2, -0.15) is 8.78 Å². The third kappa shape index (κ3) is 4.04. The Balaban J connectivity index is 2.81. The van der Waals surface area contributed by atoms with Crippen LogP contribution < -0.4 is 0 Å². The number of halogens is 3. The Bertz CT molecular complexity index is 830. The summed E-state index contributed by atoms with van der Waals surface area (Å²) in [5, 5.41) is 10.7. The fourth-order valence-electron chi connectivity index (χ4n) is 2.92. The van der Waals surface area contributed by atoms with Crippen molar-refractivity contribution < 1.29 is 27.9 Å². The Hall–Kier alpha value is -1.05. The van der Waals surface area contributed by atoms with Crippen molar-refractivity contribution in [2.75, 3.05) is 0 Å². The third-order valence-corrected chi connectivity index (χ3v) is 4.98. The summed E-state index contributed by atoms with van der Waals surface area (Å²) in [6, 6.07) is 2.62. The fourth-order valence-corrected chi connectivity index (χ4v) is 3.79. The highest BCUT2D eigenvalue weighted by Crippen LogP contribution is 2.43. The molecular formula is C16H18BrF2NO4P+. The van der Waals surface area contributed by atoms with Gasteiger partial charge in [-0.1, -0.05) is 29.8 Å². The Labute approximate surface area is 153 Å². The van der Waals surface area contributed by atoms with Gasteiger partial charge in [-0.3, -0.25) is 0 Å². The quantitative estimate of drug-likeness (QED) is 0.630. The largest absolute Gasteiger partial charge is 0.701 e. The van der Waals surface area contributed by atoms with E-state index in [1.54, 1.807) is 6.92 Å². The van der Waals surface area contributed by atoms with Gasteiger partial charge in [-0.25, -0.2) is 4.98 Å². The predicted molar refractivity (Wildman–Crippen MR) is 93.6 cm³/mol. The molecule has 0 fully saturated rings. The molecule has 136 valence electrons. The van der Waals surface area contributed by atoms with Gasteiger partial charge < -0.3 is 5.11 Å². The molecule has 1 aromatic carbocycles. The molecule has 0 saturated heterocycles. The van der Waals surface area contributed by atoms with Crippen molar-refractivity contribution in [3.63, 3.8) is 0 Å². The molecule has 2 rings (SSSR count). The monoisotopic (exact) mass is 436 g/mol. The van der Waals surface area contributed by atoms with E-state index in [0.717, 1.165) is 17.2 Å². The van der Waals surface area contributed by atoms with E-state index in [-0.39, 0.29) is 9.99 Å². The smallest absolute Gasteiger partial charge is 0.387 e. The average molecular weight is 437 g/mol. The first kappa shape index (κ1) is 20.3. The zero-order valence-electron chi connectivity index (χ0n) is 13.9. The molecule has 0 radical (unpaired) electrons. The minimum Gasteiger partial charge on any atom is -0.387 e. The van der Waals surface area contributed by atoms with Crippen LogP contribution in [0.15, 0.2) is 16.6 Å². The molecule has 0 saturated carbocycles. The Kier molecular flexibility index (Phi) is 6.22. The topological polar surface area (TPSA) is 79.7 Å². The Morgan fingerprint density at radius 2 is 1.92 bits per heavy atom.